The second-order valence-corrected chi connectivity index (χ2v) is 5.44. The van der Waals surface area contributed by atoms with Crippen molar-refractivity contribution in [2.45, 2.75) is 19.2 Å². The first-order valence-electron chi connectivity index (χ1n) is 5.90. The van der Waals surface area contributed by atoms with Gasteiger partial charge in [0.2, 0.25) is 0 Å². The highest BCUT2D eigenvalue weighted by molar-refractivity contribution is 9.10. The molecule has 20 heavy (non-hydrogen) atoms. The average Bonchev–Trinajstić information content (AvgIpc) is 2.40. The molecule has 0 aromatic heterocycles. The fourth-order valence-corrected chi connectivity index (χ4v) is 2.35. The van der Waals surface area contributed by atoms with Gasteiger partial charge in [0, 0.05) is 4.47 Å². The molecule has 106 valence electrons. The van der Waals surface area contributed by atoms with Crippen LogP contribution in [0, 0.1) is 6.92 Å². The largest absolute Gasteiger partial charge is 0.416 e. The quantitative estimate of drug-likeness (QED) is 0.824. The lowest BCUT2D eigenvalue weighted by atomic mass is 9.96. The second kappa shape index (κ2) is 5.58. The van der Waals surface area contributed by atoms with E-state index in [0.717, 1.165) is 22.2 Å². The maximum absolute atomic E-state index is 12.7. The molecule has 0 aliphatic heterocycles. The first kappa shape index (κ1) is 15.1. The summed E-state index contributed by atoms with van der Waals surface area (Å²) in [5.74, 6) is 0. The van der Waals surface area contributed by atoms with E-state index in [4.69, 9.17) is 0 Å². The zero-order chi connectivity index (χ0) is 14.9. The maximum Gasteiger partial charge on any atom is 0.416 e. The summed E-state index contributed by atoms with van der Waals surface area (Å²) in [6, 6.07) is 10.1. The van der Waals surface area contributed by atoms with Gasteiger partial charge in [-0.3, -0.25) is 0 Å². The first-order chi connectivity index (χ1) is 9.29. The van der Waals surface area contributed by atoms with E-state index in [2.05, 4.69) is 15.9 Å². The minimum Gasteiger partial charge on any atom is -0.384 e. The third kappa shape index (κ3) is 3.22. The molecule has 1 N–H and O–H groups in total. The number of aryl methyl sites for hydroxylation is 1. The molecule has 0 aliphatic rings. The Morgan fingerprint density at radius 1 is 1.10 bits per heavy atom. The van der Waals surface area contributed by atoms with E-state index in [9.17, 15) is 18.3 Å². The zero-order valence-corrected chi connectivity index (χ0v) is 12.2. The number of rotatable bonds is 2. The molecule has 0 heterocycles. The molecule has 2 aromatic carbocycles. The Bertz CT molecular complexity index is 623. The molecular weight excluding hydrogens is 333 g/mol. The Balaban J connectivity index is 2.43. The summed E-state index contributed by atoms with van der Waals surface area (Å²) >= 11 is 3.29. The van der Waals surface area contributed by atoms with Crippen LogP contribution < -0.4 is 0 Å². The summed E-state index contributed by atoms with van der Waals surface area (Å²) in [4.78, 5) is 0. The minimum absolute atomic E-state index is 0.223. The van der Waals surface area contributed by atoms with Crippen molar-refractivity contribution in [2.75, 3.05) is 0 Å². The summed E-state index contributed by atoms with van der Waals surface area (Å²) < 4.78 is 38.8. The van der Waals surface area contributed by atoms with Gasteiger partial charge in [-0.25, -0.2) is 0 Å². The molecule has 0 saturated carbocycles. The highest BCUT2D eigenvalue weighted by atomic mass is 79.9. The number of halogens is 4. The zero-order valence-electron chi connectivity index (χ0n) is 10.6. The third-order valence-electron chi connectivity index (χ3n) is 3.07. The monoisotopic (exact) mass is 344 g/mol. The van der Waals surface area contributed by atoms with Crippen LogP contribution in [0.3, 0.4) is 0 Å². The molecule has 0 aliphatic carbocycles. The molecule has 0 saturated heterocycles. The van der Waals surface area contributed by atoms with Gasteiger partial charge in [0.1, 0.15) is 6.10 Å². The predicted octanol–water partition coefficient (Wildman–Crippen LogP) is 4.86. The van der Waals surface area contributed by atoms with Crippen LogP contribution in [0.5, 0.6) is 0 Å². The lowest BCUT2D eigenvalue weighted by Gasteiger charge is -2.16. The van der Waals surface area contributed by atoms with Gasteiger partial charge in [-0.15, -0.1) is 0 Å². The van der Waals surface area contributed by atoms with Gasteiger partial charge in [0.05, 0.1) is 5.56 Å². The normalized spacial score (nSPS) is 13.3. The van der Waals surface area contributed by atoms with E-state index < -0.39 is 17.8 Å². The van der Waals surface area contributed by atoms with E-state index in [0.29, 0.717) is 5.56 Å². The molecular formula is C15H12BrF3O. The number of alkyl halides is 3. The molecule has 0 amide bonds. The average molecular weight is 345 g/mol. The topological polar surface area (TPSA) is 20.2 Å². The Hall–Kier alpha value is -1.33. The van der Waals surface area contributed by atoms with Crippen molar-refractivity contribution >= 4 is 15.9 Å². The standard InChI is InChI=1S/C15H12BrF3O/c1-9-5-6-12(16)8-13(9)14(20)10-3-2-4-11(7-10)15(17,18)19/h2-8,14,20H,1H3. The SMILES string of the molecule is Cc1ccc(Br)cc1C(O)c1cccc(C(F)(F)F)c1. The third-order valence-corrected chi connectivity index (χ3v) is 3.56. The van der Waals surface area contributed by atoms with Crippen LogP contribution in [0.15, 0.2) is 46.9 Å². The molecule has 0 radical (unpaired) electrons. The Labute approximate surface area is 123 Å². The number of hydrogen-bond acceptors (Lipinski definition) is 1. The summed E-state index contributed by atoms with van der Waals surface area (Å²) in [6.07, 6.45) is -5.50. The number of aliphatic hydroxyl groups excluding tert-OH is 1. The molecule has 0 bridgehead atoms. The van der Waals surface area contributed by atoms with Gasteiger partial charge in [0.25, 0.3) is 0 Å². The van der Waals surface area contributed by atoms with Gasteiger partial charge in [-0.2, -0.15) is 13.2 Å². The van der Waals surface area contributed by atoms with Gasteiger partial charge >= 0.3 is 6.18 Å². The van der Waals surface area contributed by atoms with Gasteiger partial charge in [-0.1, -0.05) is 34.1 Å². The second-order valence-electron chi connectivity index (χ2n) is 4.53. The van der Waals surface area contributed by atoms with E-state index in [1.54, 1.807) is 19.1 Å². The van der Waals surface area contributed by atoms with Crippen LogP contribution in [0.2, 0.25) is 0 Å². The lowest BCUT2D eigenvalue weighted by molar-refractivity contribution is -0.137. The van der Waals surface area contributed by atoms with Crippen molar-refractivity contribution in [3.05, 3.63) is 69.2 Å². The van der Waals surface area contributed by atoms with Crippen molar-refractivity contribution in [1.82, 2.24) is 0 Å². The summed E-state index contributed by atoms with van der Waals surface area (Å²) in [6.45, 7) is 1.80. The van der Waals surface area contributed by atoms with E-state index in [1.165, 1.54) is 12.1 Å². The van der Waals surface area contributed by atoms with Gasteiger partial charge < -0.3 is 5.11 Å². The van der Waals surface area contributed by atoms with Crippen molar-refractivity contribution in [1.29, 1.82) is 0 Å². The van der Waals surface area contributed by atoms with Crippen LogP contribution in [-0.4, -0.2) is 5.11 Å². The van der Waals surface area contributed by atoms with Crippen LogP contribution in [0.4, 0.5) is 13.2 Å². The van der Waals surface area contributed by atoms with E-state index in [1.807, 2.05) is 6.07 Å². The van der Waals surface area contributed by atoms with E-state index >= 15 is 0 Å². The van der Waals surface area contributed by atoms with Crippen molar-refractivity contribution in [3.8, 4) is 0 Å². The number of hydrogen-bond donors (Lipinski definition) is 1. The Morgan fingerprint density at radius 3 is 2.45 bits per heavy atom. The summed E-state index contributed by atoms with van der Waals surface area (Å²) in [7, 11) is 0. The Morgan fingerprint density at radius 2 is 1.80 bits per heavy atom. The predicted molar refractivity (Wildman–Crippen MR) is 74.4 cm³/mol. The van der Waals surface area contributed by atoms with Crippen LogP contribution in [0.25, 0.3) is 0 Å². The molecule has 1 unspecified atom stereocenters. The molecule has 1 nitrogen and oxygen atoms in total. The highest BCUT2D eigenvalue weighted by Crippen LogP contribution is 2.33. The van der Waals surface area contributed by atoms with Crippen molar-refractivity contribution in [2.24, 2.45) is 0 Å². The van der Waals surface area contributed by atoms with E-state index in [-0.39, 0.29) is 5.56 Å². The van der Waals surface area contributed by atoms with Gasteiger partial charge in [-0.05, 0) is 47.9 Å². The molecule has 1 atom stereocenters. The number of aliphatic hydroxyl groups is 1. The van der Waals surface area contributed by atoms with Crippen molar-refractivity contribution < 1.29 is 18.3 Å². The maximum atomic E-state index is 12.7. The highest BCUT2D eigenvalue weighted by Gasteiger charge is 2.31. The molecule has 0 fully saturated rings. The smallest absolute Gasteiger partial charge is 0.384 e. The summed E-state index contributed by atoms with van der Waals surface area (Å²) in [5.41, 5.74) is 0.861. The first-order valence-corrected chi connectivity index (χ1v) is 6.69. The van der Waals surface area contributed by atoms with Crippen molar-refractivity contribution in [3.63, 3.8) is 0 Å². The Kier molecular flexibility index (Phi) is 4.20. The summed E-state index contributed by atoms with van der Waals surface area (Å²) in [5, 5.41) is 10.3. The molecule has 2 aromatic rings. The van der Waals surface area contributed by atoms with Gasteiger partial charge in [0.15, 0.2) is 0 Å². The lowest BCUT2D eigenvalue weighted by Crippen LogP contribution is -2.08. The number of benzene rings is 2. The molecule has 0 spiro atoms. The van der Waals surface area contributed by atoms with Crippen LogP contribution >= 0.6 is 15.9 Å². The molecule has 2 rings (SSSR count). The van der Waals surface area contributed by atoms with Crippen LogP contribution in [-0.2, 0) is 6.18 Å². The fraction of sp³-hybridized carbons (Fsp3) is 0.200. The fourth-order valence-electron chi connectivity index (χ4n) is 1.97. The van der Waals surface area contributed by atoms with Crippen LogP contribution in [0.1, 0.15) is 28.4 Å². The molecule has 5 heteroatoms. The minimum atomic E-state index is -4.41.